The number of rotatable bonds is 5. The van der Waals surface area contributed by atoms with Gasteiger partial charge in [0.05, 0.1) is 12.2 Å². The van der Waals surface area contributed by atoms with Crippen LogP contribution in [0.25, 0.3) is 0 Å². The molecule has 90 valence electrons. The molecule has 6 heteroatoms. The summed E-state index contributed by atoms with van der Waals surface area (Å²) in [6, 6.07) is 6.52. The number of ether oxygens (including phenoxy) is 1. The largest absolute Gasteiger partial charge is 0.424 e. The van der Waals surface area contributed by atoms with Crippen LogP contribution in [-0.4, -0.2) is 24.8 Å². The molecule has 0 saturated carbocycles. The van der Waals surface area contributed by atoms with Gasteiger partial charge in [-0.25, -0.2) is 0 Å². The van der Waals surface area contributed by atoms with E-state index in [1.54, 1.807) is 24.3 Å². The molecule has 1 rings (SSSR count). The van der Waals surface area contributed by atoms with E-state index in [-0.39, 0.29) is 12.3 Å². The summed E-state index contributed by atoms with van der Waals surface area (Å²) in [6.45, 7) is 1.13. The van der Waals surface area contributed by atoms with Crippen LogP contribution in [0, 0.1) is 0 Å². The first-order valence-corrected chi connectivity index (χ1v) is 4.88. The first kappa shape index (κ1) is 12.7. The van der Waals surface area contributed by atoms with Crippen LogP contribution in [0.4, 0.5) is 5.69 Å². The molecule has 0 radical (unpaired) electrons. The SMILES string of the molecule is CC(=O)Oc1ccccc1NC(=O)CNC=O. The average Bonchev–Trinajstić information content (AvgIpc) is 2.28. The topological polar surface area (TPSA) is 84.5 Å². The minimum atomic E-state index is -0.474. The van der Waals surface area contributed by atoms with E-state index in [1.165, 1.54) is 6.92 Å². The lowest BCUT2D eigenvalue weighted by molar-refractivity contribution is -0.131. The van der Waals surface area contributed by atoms with Gasteiger partial charge in [-0.05, 0) is 12.1 Å². The maximum Gasteiger partial charge on any atom is 0.308 e. The van der Waals surface area contributed by atoms with Crippen molar-refractivity contribution in [3.63, 3.8) is 0 Å². The molecule has 0 aliphatic rings. The van der Waals surface area contributed by atoms with Crippen LogP contribution in [0.5, 0.6) is 5.75 Å². The summed E-state index contributed by atoms with van der Waals surface area (Å²) in [5.41, 5.74) is 0.375. The van der Waals surface area contributed by atoms with Crippen LogP contribution >= 0.6 is 0 Å². The predicted octanol–water partition coefficient (Wildman–Crippen LogP) is 0.296. The van der Waals surface area contributed by atoms with E-state index < -0.39 is 11.9 Å². The lowest BCUT2D eigenvalue weighted by atomic mass is 10.3. The summed E-state index contributed by atoms with van der Waals surface area (Å²) >= 11 is 0. The molecule has 2 amide bonds. The second-order valence-corrected chi connectivity index (χ2v) is 3.14. The van der Waals surface area contributed by atoms with Gasteiger partial charge in [0, 0.05) is 6.92 Å². The quantitative estimate of drug-likeness (QED) is 0.437. The van der Waals surface area contributed by atoms with E-state index in [1.807, 2.05) is 0 Å². The number of para-hydroxylation sites is 2. The van der Waals surface area contributed by atoms with Gasteiger partial charge in [-0.3, -0.25) is 14.4 Å². The van der Waals surface area contributed by atoms with E-state index in [4.69, 9.17) is 4.74 Å². The number of hydrogen-bond donors (Lipinski definition) is 2. The maximum absolute atomic E-state index is 11.3. The lowest BCUT2D eigenvalue weighted by Crippen LogP contribution is -2.27. The number of hydrogen-bond acceptors (Lipinski definition) is 4. The average molecular weight is 236 g/mol. The van der Waals surface area contributed by atoms with Crippen LogP contribution in [0.1, 0.15) is 6.92 Å². The number of nitrogens with one attached hydrogen (secondary N) is 2. The van der Waals surface area contributed by atoms with Gasteiger partial charge in [0.1, 0.15) is 0 Å². The number of esters is 1. The third kappa shape index (κ3) is 4.33. The minimum absolute atomic E-state index is 0.141. The molecule has 0 spiro atoms. The van der Waals surface area contributed by atoms with Crippen molar-refractivity contribution in [3.8, 4) is 5.75 Å². The Labute approximate surface area is 98.0 Å². The van der Waals surface area contributed by atoms with Crippen molar-refractivity contribution in [2.45, 2.75) is 6.92 Å². The molecular weight excluding hydrogens is 224 g/mol. The van der Waals surface area contributed by atoms with E-state index in [9.17, 15) is 14.4 Å². The Morgan fingerprint density at radius 3 is 2.71 bits per heavy atom. The fraction of sp³-hybridized carbons (Fsp3) is 0.182. The van der Waals surface area contributed by atoms with Crippen molar-refractivity contribution in [1.29, 1.82) is 0 Å². The molecule has 0 bridgehead atoms. The van der Waals surface area contributed by atoms with E-state index in [2.05, 4.69) is 10.6 Å². The molecule has 17 heavy (non-hydrogen) atoms. The molecule has 0 saturated heterocycles. The molecule has 1 aromatic rings. The Hall–Kier alpha value is -2.37. The number of carbonyl (C=O) groups is 3. The molecule has 0 aliphatic heterocycles. The fourth-order valence-corrected chi connectivity index (χ4v) is 1.14. The van der Waals surface area contributed by atoms with Gasteiger partial charge in [-0.2, -0.15) is 0 Å². The van der Waals surface area contributed by atoms with Crippen molar-refractivity contribution >= 4 is 24.0 Å². The second-order valence-electron chi connectivity index (χ2n) is 3.14. The highest BCUT2D eigenvalue weighted by Crippen LogP contribution is 2.23. The van der Waals surface area contributed by atoms with Crippen LogP contribution in [0.15, 0.2) is 24.3 Å². The van der Waals surface area contributed by atoms with Gasteiger partial charge in [-0.1, -0.05) is 12.1 Å². The Bertz CT molecular complexity index is 431. The summed E-state index contributed by atoms with van der Waals surface area (Å²) in [5, 5.41) is 4.74. The first-order valence-electron chi connectivity index (χ1n) is 4.88. The highest BCUT2D eigenvalue weighted by molar-refractivity contribution is 5.94. The third-order valence-corrected chi connectivity index (χ3v) is 1.76. The molecule has 0 atom stereocenters. The Morgan fingerprint density at radius 1 is 1.35 bits per heavy atom. The molecule has 0 heterocycles. The third-order valence-electron chi connectivity index (χ3n) is 1.76. The zero-order valence-electron chi connectivity index (χ0n) is 9.23. The second kappa shape index (κ2) is 6.26. The molecule has 0 fully saturated rings. The van der Waals surface area contributed by atoms with Crippen LogP contribution in [-0.2, 0) is 14.4 Å². The molecule has 1 aromatic carbocycles. The minimum Gasteiger partial charge on any atom is -0.424 e. The zero-order chi connectivity index (χ0) is 12.7. The van der Waals surface area contributed by atoms with Gasteiger partial charge in [-0.15, -0.1) is 0 Å². The fourth-order valence-electron chi connectivity index (χ4n) is 1.14. The monoisotopic (exact) mass is 236 g/mol. The highest BCUT2D eigenvalue weighted by Gasteiger charge is 2.08. The summed E-state index contributed by atoms with van der Waals surface area (Å²) in [7, 11) is 0. The Balaban J connectivity index is 2.72. The van der Waals surface area contributed by atoms with E-state index in [0.29, 0.717) is 12.1 Å². The maximum atomic E-state index is 11.3. The van der Waals surface area contributed by atoms with Crippen LogP contribution in [0.3, 0.4) is 0 Å². The standard InChI is InChI=1S/C11H12N2O4/c1-8(15)17-10-5-3-2-4-9(10)13-11(16)6-12-7-14/h2-5,7H,6H2,1H3,(H,12,14)(H,13,16). The van der Waals surface area contributed by atoms with E-state index >= 15 is 0 Å². The normalized spacial score (nSPS) is 9.24. The molecule has 0 unspecified atom stereocenters. The van der Waals surface area contributed by atoms with Gasteiger partial charge >= 0.3 is 5.97 Å². The zero-order valence-corrected chi connectivity index (χ0v) is 9.23. The summed E-state index contributed by atoms with van der Waals surface area (Å²) < 4.78 is 4.91. The molecule has 0 aliphatic carbocycles. The smallest absolute Gasteiger partial charge is 0.308 e. The number of anilines is 1. The van der Waals surface area contributed by atoms with Crippen molar-refractivity contribution in [3.05, 3.63) is 24.3 Å². The Kier molecular flexibility index (Phi) is 4.68. The number of amides is 2. The molecule has 0 aromatic heterocycles. The molecule has 6 nitrogen and oxygen atoms in total. The molecule has 2 N–H and O–H groups in total. The van der Waals surface area contributed by atoms with Crippen molar-refractivity contribution < 1.29 is 19.1 Å². The highest BCUT2D eigenvalue weighted by atomic mass is 16.5. The lowest BCUT2D eigenvalue weighted by Gasteiger charge is -2.09. The van der Waals surface area contributed by atoms with Crippen molar-refractivity contribution in [1.82, 2.24) is 5.32 Å². The Morgan fingerprint density at radius 2 is 2.06 bits per heavy atom. The first-order chi connectivity index (χ1) is 8.13. The predicted molar refractivity (Wildman–Crippen MR) is 60.4 cm³/mol. The van der Waals surface area contributed by atoms with Gasteiger partial charge in [0.25, 0.3) is 0 Å². The number of benzene rings is 1. The number of carbonyl (C=O) groups excluding carboxylic acids is 3. The summed E-state index contributed by atoms with van der Waals surface area (Å²) in [6.07, 6.45) is 0.428. The van der Waals surface area contributed by atoms with Gasteiger partial charge < -0.3 is 15.4 Å². The van der Waals surface area contributed by atoms with Crippen LogP contribution in [0.2, 0.25) is 0 Å². The van der Waals surface area contributed by atoms with Gasteiger partial charge in [0.15, 0.2) is 5.75 Å². The van der Waals surface area contributed by atoms with Crippen molar-refractivity contribution in [2.24, 2.45) is 0 Å². The summed E-state index contributed by atoms with van der Waals surface area (Å²) in [5.74, 6) is -0.617. The molecular formula is C11H12N2O4. The van der Waals surface area contributed by atoms with E-state index in [0.717, 1.165) is 0 Å². The summed E-state index contributed by atoms with van der Waals surface area (Å²) in [4.78, 5) is 32.2. The van der Waals surface area contributed by atoms with Crippen LogP contribution < -0.4 is 15.4 Å². The van der Waals surface area contributed by atoms with Gasteiger partial charge in [0.2, 0.25) is 12.3 Å². The van der Waals surface area contributed by atoms with Crippen molar-refractivity contribution in [2.75, 3.05) is 11.9 Å².